The summed E-state index contributed by atoms with van der Waals surface area (Å²) in [5.74, 6) is 0. The average Bonchev–Trinajstić information content (AvgIpc) is 1.85. The van der Waals surface area contributed by atoms with Gasteiger partial charge < -0.3 is 4.84 Å². The zero-order valence-electron chi connectivity index (χ0n) is 7.81. The third-order valence-corrected chi connectivity index (χ3v) is 2.49. The minimum atomic E-state index is 0.508. The molecule has 0 aliphatic heterocycles. The Labute approximate surface area is 69.3 Å². The molecule has 1 saturated carbocycles. The van der Waals surface area contributed by atoms with Crippen molar-refractivity contribution in [1.29, 1.82) is 0 Å². The van der Waals surface area contributed by atoms with Crippen molar-refractivity contribution in [3.8, 4) is 0 Å². The molecule has 0 bridgehead atoms. The quantitative estimate of drug-likeness (QED) is 0.620. The van der Waals surface area contributed by atoms with E-state index in [0.29, 0.717) is 11.5 Å². The van der Waals surface area contributed by atoms with E-state index in [1.807, 2.05) is 0 Å². The fraction of sp³-hybridized carbons (Fsp3) is 1.00. The highest BCUT2D eigenvalue weighted by Gasteiger charge is 2.27. The van der Waals surface area contributed by atoms with Gasteiger partial charge in [-0.2, -0.15) is 5.48 Å². The van der Waals surface area contributed by atoms with E-state index in [4.69, 9.17) is 4.84 Å². The minimum absolute atomic E-state index is 0.508. The molecule has 0 aromatic rings. The maximum Gasteiger partial charge on any atom is 0.0572 e. The Morgan fingerprint density at radius 3 is 2.73 bits per heavy atom. The number of hydrogen-bond donors (Lipinski definition) is 1. The molecule has 1 unspecified atom stereocenters. The summed E-state index contributed by atoms with van der Waals surface area (Å²) in [6, 6.07) is 0.573. The van der Waals surface area contributed by atoms with Gasteiger partial charge in [-0.3, -0.25) is 0 Å². The Bertz CT molecular complexity index is 121. The molecule has 0 heterocycles. The summed E-state index contributed by atoms with van der Waals surface area (Å²) in [5, 5.41) is 0. The topological polar surface area (TPSA) is 21.3 Å². The molecule has 2 heteroatoms. The van der Waals surface area contributed by atoms with Gasteiger partial charge in [0.05, 0.1) is 7.11 Å². The predicted molar refractivity (Wildman–Crippen MR) is 46.2 cm³/mol. The van der Waals surface area contributed by atoms with Crippen molar-refractivity contribution in [2.24, 2.45) is 5.41 Å². The summed E-state index contributed by atoms with van der Waals surface area (Å²) < 4.78 is 0. The SMILES string of the molecule is CONC1CCCC(C)(C)C1. The fourth-order valence-electron chi connectivity index (χ4n) is 1.97. The lowest BCUT2D eigenvalue weighted by Crippen LogP contribution is -2.36. The third-order valence-electron chi connectivity index (χ3n) is 2.49. The second kappa shape index (κ2) is 3.55. The van der Waals surface area contributed by atoms with E-state index in [1.165, 1.54) is 25.7 Å². The normalized spacial score (nSPS) is 30.3. The van der Waals surface area contributed by atoms with Crippen LogP contribution in [0.4, 0.5) is 0 Å². The monoisotopic (exact) mass is 157 g/mol. The van der Waals surface area contributed by atoms with Crippen molar-refractivity contribution in [2.75, 3.05) is 7.11 Å². The van der Waals surface area contributed by atoms with Crippen molar-refractivity contribution in [3.05, 3.63) is 0 Å². The number of nitrogens with one attached hydrogen (secondary N) is 1. The summed E-state index contributed by atoms with van der Waals surface area (Å²) in [6.45, 7) is 4.66. The first-order valence-electron chi connectivity index (χ1n) is 4.42. The van der Waals surface area contributed by atoms with Crippen LogP contribution in [0.25, 0.3) is 0 Å². The second-order valence-corrected chi connectivity index (χ2v) is 4.28. The standard InChI is InChI=1S/C9H19NO/c1-9(2)6-4-5-8(7-9)10-11-3/h8,10H,4-7H2,1-3H3. The van der Waals surface area contributed by atoms with Crippen LogP contribution in [0.3, 0.4) is 0 Å². The van der Waals surface area contributed by atoms with E-state index in [1.54, 1.807) is 7.11 Å². The van der Waals surface area contributed by atoms with E-state index >= 15 is 0 Å². The van der Waals surface area contributed by atoms with Gasteiger partial charge in [0.1, 0.15) is 0 Å². The Morgan fingerprint density at radius 1 is 1.45 bits per heavy atom. The molecule has 2 nitrogen and oxygen atoms in total. The lowest BCUT2D eigenvalue weighted by atomic mass is 9.75. The third kappa shape index (κ3) is 2.80. The second-order valence-electron chi connectivity index (χ2n) is 4.28. The molecule has 1 N–H and O–H groups in total. The van der Waals surface area contributed by atoms with Gasteiger partial charge in [0.2, 0.25) is 0 Å². The molecule has 0 radical (unpaired) electrons. The molecule has 0 aromatic heterocycles. The molecule has 1 aliphatic carbocycles. The number of hydrogen-bond acceptors (Lipinski definition) is 2. The van der Waals surface area contributed by atoms with Crippen LogP contribution in [0.1, 0.15) is 39.5 Å². The first-order valence-corrected chi connectivity index (χ1v) is 4.42. The van der Waals surface area contributed by atoms with Crippen molar-refractivity contribution >= 4 is 0 Å². The predicted octanol–water partition coefficient (Wildman–Crippen LogP) is 2.11. The first kappa shape index (κ1) is 9.01. The highest BCUT2D eigenvalue weighted by molar-refractivity contribution is 4.81. The van der Waals surface area contributed by atoms with Crippen LogP contribution >= 0.6 is 0 Å². The van der Waals surface area contributed by atoms with E-state index in [-0.39, 0.29) is 0 Å². The van der Waals surface area contributed by atoms with Gasteiger partial charge >= 0.3 is 0 Å². The smallest absolute Gasteiger partial charge is 0.0572 e. The summed E-state index contributed by atoms with van der Waals surface area (Å²) in [6.07, 6.45) is 5.18. The Hall–Kier alpha value is -0.0800. The van der Waals surface area contributed by atoms with Gasteiger partial charge in [-0.25, -0.2) is 0 Å². The van der Waals surface area contributed by atoms with Gasteiger partial charge in [-0.1, -0.05) is 20.3 Å². The molecule has 0 aromatic carbocycles. The van der Waals surface area contributed by atoms with Crippen LogP contribution in [-0.2, 0) is 4.84 Å². The van der Waals surface area contributed by atoms with Crippen LogP contribution in [0.5, 0.6) is 0 Å². The van der Waals surface area contributed by atoms with E-state index in [0.717, 1.165) is 0 Å². The maximum absolute atomic E-state index is 4.92. The molecule has 1 aliphatic rings. The molecule has 0 spiro atoms. The number of rotatable bonds is 2. The molecule has 66 valence electrons. The van der Waals surface area contributed by atoms with Crippen LogP contribution < -0.4 is 5.48 Å². The van der Waals surface area contributed by atoms with Gasteiger partial charge in [0.25, 0.3) is 0 Å². The molecule has 0 saturated heterocycles. The van der Waals surface area contributed by atoms with E-state index < -0.39 is 0 Å². The largest absolute Gasteiger partial charge is 0.305 e. The minimum Gasteiger partial charge on any atom is -0.305 e. The lowest BCUT2D eigenvalue weighted by molar-refractivity contribution is 0.0283. The van der Waals surface area contributed by atoms with Crippen molar-refractivity contribution in [1.82, 2.24) is 5.48 Å². The molecule has 0 amide bonds. The van der Waals surface area contributed by atoms with E-state index in [2.05, 4.69) is 19.3 Å². The summed E-state index contributed by atoms with van der Waals surface area (Å²) in [7, 11) is 1.70. The zero-order valence-corrected chi connectivity index (χ0v) is 7.81. The molecule has 1 fully saturated rings. The van der Waals surface area contributed by atoms with Crippen LogP contribution in [0, 0.1) is 5.41 Å². The van der Waals surface area contributed by atoms with E-state index in [9.17, 15) is 0 Å². The van der Waals surface area contributed by atoms with Gasteiger partial charge in [0, 0.05) is 6.04 Å². The summed E-state index contributed by atoms with van der Waals surface area (Å²) >= 11 is 0. The molecule has 1 rings (SSSR count). The Morgan fingerprint density at radius 2 is 2.18 bits per heavy atom. The Balaban J connectivity index is 2.34. The molecule has 1 atom stereocenters. The van der Waals surface area contributed by atoms with Crippen molar-refractivity contribution in [3.63, 3.8) is 0 Å². The van der Waals surface area contributed by atoms with Crippen LogP contribution in [-0.4, -0.2) is 13.2 Å². The molecule has 11 heavy (non-hydrogen) atoms. The molecular formula is C9H19NO. The summed E-state index contributed by atoms with van der Waals surface area (Å²) in [4.78, 5) is 4.92. The van der Waals surface area contributed by atoms with Crippen LogP contribution in [0.2, 0.25) is 0 Å². The highest BCUT2D eigenvalue weighted by Crippen LogP contribution is 2.34. The molecular weight excluding hydrogens is 138 g/mol. The van der Waals surface area contributed by atoms with Gasteiger partial charge in [0.15, 0.2) is 0 Å². The van der Waals surface area contributed by atoms with Gasteiger partial charge in [-0.05, 0) is 24.7 Å². The average molecular weight is 157 g/mol. The fourth-order valence-corrected chi connectivity index (χ4v) is 1.97. The first-order chi connectivity index (χ1) is 5.14. The highest BCUT2D eigenvalue weighted by atomic mass is 16.6. The maximum atomic E-state index is 4.92. The van der Waals surface area contributed by atoms with Crippen LogP contribution in [0.15, 0.2) is 0 Å². The van der Waals surface area contributed by atoms with Crippen molar-refractivity contribution < 1.29 is 4.84 Å². The van der Waals surface area contributed by atoms with Crippen molar-refractivity contribution in [2.45, 2.75) is 45.6 Å². The Kier molecular flexibility index (Phi) is 2.90. The lowest BCUT2D eigenvalue weighted by Gasteiger charge is -2.34. The zero-order chi connectivity index (χ0) is 8.32. The number of hydroxylamine groups is 1. The summed E-state index contributed by atoms with van der Waals surface area (Å²) in [5.41, 5.74) is 3.55. The van der Waals surface area contributed by atoms with Gasteiger partial charge in [-0.15, -0.1) is 0 Å².